The molecular formula is C24H25FINO2. The lowest BCUT2D eigenvalue weighted by atomic mass is 10.1. The van der Waals surface area contributed by atoms with Crippen LogP contribution in [0.1, 0.15) is 29.2 Å². The second-order valence-electron chi connectivity index (χ2n) is 6.92. The Labute approximate surface area is 185 Å². The van der Waals surface area contributed by atoms with Gasteiger partial charge in [-0.05, 0) is 90.4 Å². The molecule has 0 aliphatic carbocycles. The molecule has 0 saturated heterocycles. The molecule has 0 radical (unpaired) electrons. The molecule has 0 amide bonds. The zero-order valence-electron chi connectivity index (χ0n) is 16.9. The van der Waals surface area contributed by atoms with E-state index in [1.807, 2.05) is 13.0 Å². The number of anilines is 1. The van der Waals surface area contributed by atoms with Gasteiger partial charge in [0.15, 0.2) is 11.5 Å². The van der Waals surface area contributed by atoms with Gasteiger partial charge in [-0.3, -0.25) is 0 Å². The van der Waals surface area contributed by atoms with Crippen LogP contribution in [-0.2, 0) is 13.2 Å². The van der Waals surface area contributed by atoms with Crippen molar-refractivity contribution >= 4 is 28.3 Å². The van der Waals surface area contributed by atoms with E-state index in [0.717, 1.165) is 26.1 Å². The predicted molar refractivity (Wildman–Crippen MR) is 124 cm³/mol. The Hall–Kier alpha value is -2.28. The summed E-state index contributed by atoms with van der Waals surface area (Å²) in [5.74, 6) is 1.19. The van der Waals surface area contributed by atoms with E-state index in [1.165, 1.54) is 23.3 Å². The number of rotatable bonds is 8. The molecule has 3 nitrogen and oxygen atoms in total. The van der Waals surface area contributed by atoms with E-state index in [1.54, 1.807) is 12.1 Å². The van der Waals surface area contributed by atoms with Crippen molar-refractivity contribution in [2.24, 2.45) is 0 Å². The molecule has 0 aliphatic heterocycles. The molecule has 152 valence electrons. The molecular weight excluding hydrogens is 480 g/mol. The van der Waals surface area contributed by atoms with Crippen LogP contribution in [0, 0.1) is 23.2 Å². The fourth-order valence-corrected chi connectivity index (χ4v) is 3.89. The van der Waals surface area contributed by atoms with Crippen molar-refractivity contribution in [3.8, 4) is 11.5 Å². The maximum absolute atomic E-state index is 13.1. The quantitative estimate of drug-likeness (QED) is 0.349. The van der Waals surface area contributed by atoms with Gasteiger partial charge in [0.05, 0.1) is 10.2 Å². The summed E-state index contributed by atoms with van der Waals surface area (Å²) in [6.07, 6.45) is 0. The van der Waals surface area contributed by atoms with Crippen LogP contribution < -0.4 is 14.8 Å². The van der Waals surface area contributed by atoms with E-state index in [2.05, 4.69) is 66.0 Å². The number of ether oxygens (including phenoxy) is 2. The molecule has 29 heavy (non-hydrogen) atoms. The maximum atomic E-state index is 13.1. The SMILES string of the molecule is CCOc1cc(CNc2ccc(C)cc2C)cc(I)c1OCc1ccc(F)cc1. The zero-order chi connectivity index (χ0) is 20.8. The van der Waals surface area contributed by atoms with Crippen LogP contribution >= 0.6 is 22.6 Å². The molecule has 0 fully saturated rings. The molecule has 3 aromatic carbocycles. The van der Waals surface area contributed by atoms with Crippen LogP contribution in [0.25, 0.3) is 0 Å². The molecule has 0 saturated carbocycles. The molecule has 0 unspecified atom stereocenters. The van der Waals surface area contributed by atoms with Gasteiger partial charge in [0.25, 0.3) is 0 Å². The number of nitrogens with one attached hydrogen (secondary N) is 1. The molecule has 5 heteroatoms. The van der Waals surface area contributed by atoms with Gasteiger partial charge < -0.3 is 14.8 Å². The van der Waals surface area contributed by atoms with Crippen LogP contribution in [0.2, 0.25) is 0 Å². The lowest BCUT2D eigenvalue weighted by molar-refractivity contribution is 0.267. The van der Waals surface area contributed by atoms with Crippen molar-refractivity contribution in [3.63, 3.8) is 0 Å². The van der Waals surface area contributed by atoms with E-state index in [9.17, 15) is 4.39 Å². The van der Waals surface area contributed by atoms with E-state index in [-0.39, 0.29) is 5.82 Å². The molecule has 0 heterocycles. The number of benzene rings is 3. The Balaban J connectivity index is 1.75. The van der Waals surface area contributed by atoms with Gasteiger partial charge in [0.1, 0.15) is 12.4 Å². The highest BCUT2D eigenvalue weighted by atomic mass is 127. The second-order valence-corrected chi connectivity index (χ2v) is 8.09. The lowest BCUT2D eigenvalue weighted by Gasteiger charge is -2.17. The third-order valence-corrected chi connectivity index (χ3v) is 5.33. The standard InChI is InChI=1S/C24H25FINO2/c1-4-28-23-13-19(14-27-22-10-5-16(2)11-17(22)3)12-21(26)24(23)29-15-18-6-8-20(25)9-7-18/h5-13,27H,4,14-15H2,1-3H3. The second kappa shape index (κ2) is 9.96. The van der Waals surface area contributed by atoms with Gasteiger partial charge >= 0.3 is 0 Å². The van der Waals surface area contributed by atoms with E-state index in [0.29, 0.717) is 25.5 Å². The summed E-state index contributed by atoms with van der Waals surface area (Å²) in [4.78, 5) is 0. The molecule has 0 aromatic heterocycles. The van der Waals surface area contributed by atoms with Crippen LogP contribution in [0.3, 0.4) is 0 Å². The smallest absolute Gasteiger partial charge is 0.174 e. The average Bonchev–Trinajstić information content (AvgIpc) is 2.68. The third kappa shape index (κ3) is 5.85. The third-order valence-electron chi connectivity index (χ3n) is 4.53. The van der Waals surface area contributed by atoms with Crippen molar-refractivity contribution in [1.82, 2.24) is 0 Å². The number of aryl methyl sites for hydroxylation is 2. The van der Waals surface area contributed by atoms with Crippen molar-refractivity contribution < 1.29 is 13.9 Å². The van der Waals surface area contributed by atoms with Crippen molar-refractivity contribution in [2.45, 2.75) is 33.9 Å². The lowest BCUT2D eigenvalue weighted by Crippen LogP contribution is -2.05. The number of halogens is 2. The van der Waals surface area contributed by atoms with Crippen LogP contribution in [-0.4, -0.2) is 6.61 Å². The molecule has 0 aliphatic rings. The molecule has 0 spiro atoms. The first-order valence-corrected chi connectivity index (χ1v) is 10.7. The summed E-state index contributed by atoms with van der Waals surface area (Å²) in [6, 6.07) is 16.8. The topological polar surface area (TPSA) is 30.5 Å². The van der Waals surface area contributed by atoms with E-state index < -0.39 is 0 Å². The van der Waals surface area contributed by atoms with Crippen LogP contribution in [0.4, 0.5) is 10.1 Å². The van der Waals surface area contributed by atoms with Crippen LogP contribution in [0.15, 0.2) is 54.6 Å². The Morgan fingerprint density at radius 1 is 0.931 bits per heavy atom. The number of hydrogen-bond donors (Lipinski definition) is 1. The molecule has 3 rings (SSSR count). The molecule has 0 bridgehead atoms. The highest BCUT2D eigenvalue weighted by Gasteiger charge is 2.13. The van der Waals surface area contributed by atoms with E-state index >= 15 is 0 Å². The Morgan fingerprint density at radius 2 is 1.69 bits per heavy atom. The van der Waals surface area contributed by atoms with Gasteiger partial charge in [0.2, 0.25) is 0 Å². The maximum Gasteiger partial charge on any atom is 0.174 e. The molecule has 1 N–H and O–H groups in total. The monoisotopic (exact) mass is 505 g/mol. The van der Waals surface area contributed by atoms with Gasteiger partial charge in [-0.1, -0.05) is 29.8 Å². The van der Waals surface area contributed by atoms with Gasteiger partial charge in [-0.2, -0.15) is 0 Å². The first kappa shape index (κ1) is 21.4. The van der Waals surface area contributed by atoms with E-state index in [4.69, 9.17) is 9.47 Å². The zero-order valence-corrected chi connectivity index (χ0v) is 19.0. The van der Waals surface area contributed by atoms with Gasteiger partial charge in [-0.25, -0.2) is 4.39 Å². The fraction of sp³-hybridized carbons (Fsp3) is 0.250. The largest absolute Gasteiger partial charge is 0.490 e. The Bertz CT molecular complexity index is 973. The molecule has 3 aromatic rings. The predicted octanol–water partition coefficient (Wildman–Crippen LogP) is 6.64. The van der Waals surface area contributed by atoms with Gasteiger partial charge in [-0.15, -0.1) is 0 Å². The normalized spacial score (nSPS) is 10.7. The summed E-state index contributed by atoms with van der Waals surface area (Å²) in [5.41, 5.74) is 5.63. The summed E-state index contributed by atoms with van der Waals surface area (Å²) >= 11 is 2.27. The highest BCUT2D eigenvalue weighted by Crippen LogP contribution is 2.35. The number of hydrogen-bond acceptors (Lipinski definition) is 3. The Kier molecular flexibility index (Phi) is 7.36. The average molecular weight is 505 g/mol. The van der Waals surface area contributed by atoms with Crippen LogP contribution in [0.5, 0.6) is 11.5 Å². The molecule has 0 atom stereocenters. The minimum Gasteiger partial charge on any atom is -0.490 e. The van der Waals surface area contributed by atoms with Crippen molar-refractivity contribution in [1.29, 1.82) is 0 Å². The first-order valence-electron chi connectivity index (χ1n) is 9.60. The fourth-order valence-electron chi connectivity index (χ4n) is 3.07. The Morgan fingerprint density at radius 3 is 2.38 bits per heavy atom. The summed E-state index contributed by atoms with van der Waals surface area (Å²) in [6.45, 7) is 7.76. The van der Waals surface area contributed by atoms with Crippen molar-refractivity contribution in [2.75, 3.05) is 11.9 Å². The van der Waals surface area contributed by atoms with Gasteiger partial charge in [0, 0.05) is 12.2 Å². The summed E-state index contributed by atoms with van der Waals surface area (Å²) in [7, 11) is 0. The highest BCUT2D eigenvalue weighted by molar-refractivity contribution is 14.1. The summed E-state index contributed by atoms with van der Waals surface area (Å²) < 4.78 is 25.9. The van der Waals surface area contributed by atoms with Crippen molar-refractivity contribution in [3.05, 3.63) is 86.2 Å². The minimum atomic E-state index is -0.251. The summed E-state index contributed by atoms with van der Waals surface area (Å²) in [5, 5.41) is 3.50. The minimum absolute atomic E-state index is 0.251. The first-order chi connectivity index (χ1) is 14.0.